The Morgan fingerprint density at radius 2 is 1.12 bits per heavy atom. The Labute approximate surface area is 232 Å². The third-order valence-electron chi connectivity index (χ3n) is 7.68. The summed E-state index contributed by atoms with van der Waals surface area (Å²) in [7, 11) is 0. The van der Waals surface area contributed by atoms with Gasteiger partial charge in [-0.25, -0.2) is 24.9 Å². The molecule has 0 spiro atoms. The molecule has 40 heavy (non-hydrogen) atoms. The van der Waals surface area contributed by atoms with Crippen LogP contribution in [0, 0.1) is 0 Å². The maximum Gasteiger partial charge on any atom is 0.254 e. The molecule has 2 aliphatic rings. The Bertz CT molecular complexity index is 1400. The molecule has 202 valence electrons. The summed E-state index contributed by atoms with van der Waals surface area (Å²) in [6.45, 7) is 4.44. The van der Waals surface area contributed by atoms with Gasteiger partial charge in [0.25, 0.3) is 11.8 Å². The molecule has 2 saturated heterocycles. The smallest absolute Gasteiger partial charge is 0.254 e. The van der Waals surface area contributed by atoms with Gasteiger partial charge in [0.1, 0.15) is 12.7 Å². The first-order chi connectivity index (χ1) is 19.7. The summed E-state index contributed by atoms with van der Waals surface area (Å²) < 4.78 is 0. The van der Waals surface area contributed by atoms with Crippen LogP contribution in [0.1, 0.15) is 33.6 Å². The Morgan fingerprint density at radius 1 is 0.625 bits per heavy atom. The molecule has 0 saturated carbocycles. The number of aromatic nitrogens is 5. The molecule has 10 heteroatoms. The Morgan fingerprint density at radius 3 is 1.68 bits per heavy atom. The van der Waals surface area contributed by atoms with Crippen LogP contribution in [0.2, 0.25) is 0 Å². The summed E-state index contributed by atoms with van der Waals surface area (Å²) in [6, 6.07) is 13.5. The number of rotatable bonds is 5. The second-order valence-electron chi connectivity index (χ2n) is 10.1. The van der Waals surface area contributed by atoms with Crippen LogP contribution >= 0.6 is 0 Å². The van der Waals surface area contributed by atoms with Crippen molar-refractivity contribution >= 4 is 11.8 Å². The Kier molecular flexibility index (Phi) is 7.49. The molecule has 1 aromatic carbocycles. The van der Waals surface area contributed by atoms with Crippen molar-refractivity contribution in [2.24, 2.45) is 0 Å². The minimum Gasteiger partial charge on any atom is -0.339 e. The predicted molar refractivity (Wildman–Crippen MR) is 149 cm³/mol. The van der Waals surface area contributed by atoms with Gasteiger partial charge in [0.15, 0.2) is 0 Å². The number of hydrogen-bond acceptors (Lipinski definition) is 8. The molecule has 2 aliphatic heterocycles. The normalized spacial score (nSPS) is 16.6. The maximum atomic E-state index is 13.7. The van der Waals surface area contributed by atoms with E-state index in [-0.39, 0.29) is 11.8 Å². The molecule has 5 heterocycles. The van der Waals surface area contributed by atoms with Crippen molar-refractivity contribution in [3.8, 4) is 22.5 Å². The van der Waals surface area contributed by atoms with Gasteiger partial charge < -0.3 is 9.80 Å². The molecule has 2 amide bonds. The zero-order valence-electron chi connectivity index (χ0n) is 22.1. The average Bonchev–Trinajstić information content (AvgIpc) is 3.05. The van der Waals surface area contributed by atoms with E-state index < -0.39 is 0 Å². The number of pyridine rings is 1. The fourth-order valence-electron chi connectivity index (χ4n) is 5.48. The molecular formula is C30H30N8O2. The lowest BCUT2D eigenvalue weighted by molar-refractivity contribution is 0.0412. The first-order valence-corrected chi connectivity index (χ1v) is 13.6. The van der Waals surface area contributed by atoms with E-state index in [0.29, 0.717) is 36.1 Å². The fourth-order valence-corrected chi connectivity index (χ4v) is 5.48. The molecule has 0 bridgehead atoms. The SMILES string of the molecule is O=C(c1ccccc1)N1CCC(N2CCN(C(=O)c3cc(-c4cncnc4)nc(-c4cncnc4)c3)CC2)CC1. The van der Waals surface area contributed by atoms with Crippen LogP contribution in [-0.4, -0.2) is 96.7 Å². The number of hydrogen-bond donors (Lipinski definition) is 0. The molecule has 3 aromatic heterocycles. The van der Waals surface area contributed by atoms with Gasteiger partial charge in [-0.1, -0.05) is 18.2 Å². The van der Waals surface area contributed by atoms with Crippen molar-refractivity contribution in [2.75, 3.05) is 39.3 Å². The minimum absolute atomic E-state index is 0.0264. The average molecular weight is 535 g/mol. The molecule has 6 rings (SSSR count). The van der Waals surface area contributed by atoms with Crippen LogP contribution in [0.15, 0.2) is 79.9 Å². The summed E-state index contributed by atoms with van der Waals surface area (Å²) in [5, 5.41) is 0. The number of likely N-dealkylation sites (tertiary alicyclic amines) is 1. The third-order valence-corrected chi connectivity index (χ3v) is 7.68. The molecule has 4 aromatic rings. The number of amides is 2. The van der Waals surface area contributed by atoms with Crippen molar-refractivity contribution < 1.29 is 9.59 Å². The van der Waals surface area contributed by atoms with Gasteiger partial charge in [-0.15, -0.1) is 0 Å². The standard InChI is InChI=1S/C30H30N8O2/c39-29(22-4-2-1-3-5-22)37-8-6-26(7-9-37)36-10-12-38(13-11-36)30(40)23-14-27(24-16-31-20-32-17-24)35-28(15-23)25-18-33-21-34-19-25/h1-5,14-21,26H,6-13H2. The Balaban J connectivity index is 1.11. The fraction of sp³-hybridized carbons (Fsp3) is 0.300. The number of piperidine rings is 1. The summed E-state index contributed by atoms with van der Waals surface area (Å²) >= 11 is 0. The quantitative estimate of drug-likeness (QED) is 0.385. The van der Waals surface area contributed by atoms with Crippen LogP contribution < -0.4 is 0 Å². The second-order valence-corrected chi connectivity index (χ2v) is 10.1. The van der Waals surface area contributed by atoms with Crippen molar-refractivity contribution in [3.63, 3.8) is 0 Å². The number of nitrogens with zero attached hydrogens (tertiary/aromatic N) is 8. The van der Waals surface area contributed by atoms with Crippen LogP contribution in [0.3, 0.4) is 0 Å². The molecule has 0 aliphatic carbocycles. The summed E-state index contributed by atoms with van der Waals surface area (Å²) in [5.41, 5.74) is 4.03. The molecule has 0 atom stereocenters. The zero-order valence-corrected chi connectivity index (χ0v) is 22.1. The summed E-state index contributed by atoms with van der Waals surface area (Å²) in [4.78, 5) is 54.0. The topological polar surface area (TPSA) is 108 Å². The highest BCUT2D eigenvalue weighted by atomic mass is 16.2. The molecule has 0 radical (unpaired) electrons. The van der Waals surface area contributed by atoms with Gasteiger partial charge in [0, 0.05) is 92.4 Å². The second kappa shape index (κ2) is 11.7. The van der Waals surface area contributed by atoms with Crippen LogP contribution in [0.25, 0.3) is 22.5 Å². The van der Waals surface area contributed by atoms with Crippen molar-refractivity contribution in [1.29, 1.82) is 0 Å². The lowest BCUT2D eigenvalue weighted by atomic mass is 10.0. The van der Waals surface area contributed by atoms with E-state index >= 15 is 0 Å². The van der Waals surface area contributed by atoms with Gasteiger partial charge in [0.05, 0.1) is 11.4 Å². The maximum absolute atomic E-state index is 13.7. The van der Waals surface area contributed by atoms with Gasteiger partial charge in [-0.2, -0.15) is 0 Å². The third kappa shape index (κ3) is 5.57. The van der Waals surface area contributed by atoms with E-state index in [1.807, 2.05) is 40.1 Å². The lowest BCUT2D eigenvalue weighted by Gasteiger charge is -2.42. The summed E-state index contributed by atoms with van der Waals surface area (Å²) in [6.07, 6.45) is 11.6. The largest absolute Gasteiger partial charge is 0.339 e. The van der Waals surface area contributed by atoms with Gasteiger partial charge in [-0.05, 0) is 37.1 Å². The van der Waals surface area contributed by atoms with E-state index in [0.717, 1.165) is 55.7 Å². The predicted octanol–water partition coefficient (Wildman–Crippen LogP) is 3.06. The van der Waals surface area contributed by atoms with Crippen molar-refractivity contribution in [1.82, 2.24) is 39.6 Å². The molecule has 0 N–H and O–H groups in total. The van der Waals surface area contributed by atoms with E-state index in [9.17, 15) is 9.59 Å². The first kappa shape index (κ1) is 25.7. The van der Waals surface area contributed by atoms with Crippen molar-refractivity contribution in [2.45, 2.75) is 18.9 Å². The number of carbonyl (C=O) groups is 2. The van der Waals surface area contributed by atoms with Crippen LogP contribution in [0.5, 0.6) is 0 Å². The molecule has 0 unspecified atom stereocenters. The van der Waals surface area contributed by atoms with E-state index in [1.54, 1.807) is 36.9 Å². The highest BCUT2D eigenvalue weighted by Crippen LogP contribution is 2.25. The molecular weight excluding hydrogens is 504 g/mol. The minimum atomic E-state index is -0.0264. The van der Waals surface area contributed by atoms with Gasteiger partial charge >= 0.3 is 0 Å². The first-order valence-electron chi connectivity index (χ1n) is 13.6. The molecule has 2 fully saturated rings. The number of piperazine rings is 1. The van der Waals surface area contributed by atoms with E-state index in [1.165, 1.54) is 12.7 Å². The summed E-state index contributed by atoms with van der Waals surface area (Å²) in [5.74, 6) is 0.0798. The van der Waals surface area contributed by atoms with Gasteiger partial charge in [-0.3, -0.25) is 14.5 Å². The zero-order chi connectivity index (χ0) is 27.3. The highest BCUT2D eigenvalue weighted by Gasteiger charge is 2.31. The van der Waals surface area contributed by atoms with E-state index in [2.05, 4.69) is 24.8 Å². The Hall–Kier alpha value is -4.57. The highest BCUT2D eigenvalue weighted by molar-refractivity contribution is 5.96. The lowest BCUT2D eigenvalue weighted by Crippen LogP contribution is -2.54. The number of carbonyl (C=O) groups excluding carboxylic acids is 2. The monoisotopic (exact) mass is 534 g/mol. The van der Waals surface area contributed by atoms with Crippen molar-refractivity contribution in [3.05, 3.63) is 91.0 Å². The van der Waals surface area contributed by atoms with Crippen LogP contribution in [-0.2, 0) is 0 Å². The van der Waals surface area contributed by atoms with Gasteiger partial charge in [0.2, 0.25) is 0 Å². The number of benzene rings is 1. The van der Waals surface area contributed by atoms with Crippen LogP contribution in [0.4, 0.5) is 0 Å². The molecule has 10 nitrogen and oxygen atoms in total. The van der Waals surface area contributed by atoms with E-state index in [4.69, 9.17) is 4.98 Å².